The van der Waals surface area contributed by atoms with Crippen LogP contribution in [0.1, 0.15) is 51.3 Å². The third-order valence-electron chi connectivity index (χ3n) is 4.61. The maximum atomic E-state index is 6.15. The molecule has 2 rings (SSSR count). The van der Waals surface area contributed by atoms with Gasteiger partial charge in [-0.2, -0.15) is 0 Å². The lowest BCUT2D eigenvalue weighted by atomic mass is 9.74. The Balaban J connectivity index is 2.39. The minimum absolute atomic E-state index is 0.254. The molecular formula is C16H25BO2. The lowest BCUT2D eigenvalue weighted by Gasteiger charge is -2.32. The standard InChI is InChI=1S/C16H25BO2/c1-8-13-10-14(12(3)9-11(13)2)17-18-15(4,5)16(6,7)19-17/h9-10H,8H2,1-7H3. The van der Waals surface area contributed by atoms with E-state index in [0.29, 0.717) is 0 Å². The molecule has 1 fully saturated rings. The highest BCUT2D eigenvalue weighted by Gasteiger charge is 2.52. The van der Waals surface area contributed by atoms with Gasteiger partial charge in [0.1, 0.15) is 0 Å². The van der Waals surface area contributed by atoms with Crippen molar-refractivity contribution in [3.63, 3.8) is 0 Å². The fourth-order valence-corrected chi connectivity index (χ4v) is 2.52. The van der Waals surface area contributed by atoms with E-state index in [9.17, 15) is 0 Å². The van der Waals surface area contributed by atoms with Crippen LogP contribution in [0.4, 0.5) is 0 Å². The molecule has 1 aromatic carbocycles. The summed E-state index contributed by atoms with van der Waals surface area (Å²) >= 11 is 0. The molecule has 1 aliphatic heterocycles. The molecule has 1 saturated heterocycles. The Morgan fingerprint density at radius 1 is 0.947 bits per heavy atom. The van der Waals surface area contributed by atoms with E-state index in [1.807, 2.05) is 0 Å². The highest BCUT2D eigenvalue weighted by atomic mass is 16.7. The van der Waals surface area contributed by atoms with Crippen molar-refractivity contribution >= 4 is 12.6 Å². The second kappa shape index (κ2) is 4.64. The summed E-state index contributed by atoms with van der Waals surface area (Å²) in [5.41, 5.74) is 4.58. The topological polar surface area (TPSA) is 18.5 Å². The Labute approximate surface area is 117 Å². The molecule has 0 radical (unpaired) electrons. The molecule has 2 nitrogen and oxygen atoms in total. The van der Waals surface area contributed by atoms with Gasteiger partial charge in [-0.05, 0) is 64.6 Å². The van der Waals surface area contributed by atoms with Crippen LogP contribution in [0.25, 0.3) is 0 Å². The summed E-state index contributed by atoms with van der Waals surface area (Å²) in [6.07, 6.45) is 1.04. The number of hydrogen-bond acceptors (Lipinski definition) is 2. The molecule has 0 saturated carbocycles. The zero-order valence-corrected chi connectivity index (χ0v) is 13.3. The summed E-state index contributed by atoms with van der Waals surface area (Å²) in [5, 5.41) is 0. The maximum Gasteiger partial charge on any atom is 0.495 e. The minimum Gasteiger partial charge on any atom is -0.399 e. The maximum absolute atomic E-state index is 6.15. The summed E-state index contributed by atoms with van der Waals surface area (Å²) in [6, 6.07) is 4.48. The van der Waals surface area contributed by atoms with Gasteiger partial charge in [0.15, 0.2) is 0 Å². The van der Waals surface area contributed by atoms with Crippen LogP contribution in [0.5, 0.6) is 0 Å². The van der Waals surface area contributed by atoms with Crippen LogP contribution >= 0.6 is 0 Å². The van der Waals surface area contributed by atoms with Crippen molar-refractivity contribution in [1.82, 2.24) is 0 Å². The number of benzene rings is 1. The Morgan fingerprint density at radius 3 is 1.95 bits per heavy atom. The molecule has 0 spiro atoms. The van der Waals surface area contributed by atoms with Gasteiger partial charge in [-0.3, -0.25) is 0 Å². The van der Waals surface area contributed by atoms with E-state index < -0.39 is 0 Å². The van der Waals surface area contributed by atoms with Crippen molar-refractivity contribution in [3.05, 3.63) is 28.8 Å². The van der Waals surface area contributed by atoms with Gasteiger partial charge in [0, 0.05) is 0 Å². The summed E-state index contributed by atoms with van der Waals surface area (Å²) in [4.78, 5) is 0. The Bertz CT molecular complexity index is 476. The Hall–Kier alpha value is -0.795. The zero-order chi connectivity index (χ0) is 14.4. The van der Waals surface area contributed by atoms with E-state index in [4.69, 9.17) is 9.31 Å². The molecule has 104 valence electrons. The van der Waals surface area contributed by atoms with Crippen LogP contribution in [0, 0.1) is 13.8 Å². The number of rotatable bonds is 2. The molecule has 3 heteroatoms. The van der Waals surface area contributed by atoms with Gasteiger partial charge in [-0.1, -0.05) is 24.6 Å². The fraction of sp³-hybridized carbons (Fsp3) is 0.625. The molecule has 1 heterocycles. The molecule has 19 heavy (non-hydrogen) atoms. The SMILES string of the molecule is CCc1cc(B2OC(C)(C)C(C)(C)O2)c(C)cc1C. The quantitative estimate of drug-likeness (QED) is 0.760. The van der Waals surface area contributed by atoms with E-state index >= 15 is 0 Å². The first-order valence-electron chi connectivity index (χ1n) is 7.13. The highest BCUT2D eigenvalue weighted by molar-refractivity contribution is 6.62. The van der Waals surface area contributed by atoms with Gasteiger partial charge in [-0.25, -0.2) is 0 Å². The minimum atomic E-state index is -0.276. The van der Waals surface area contributed by atoms with Crippen molar-refractivity contribution in [2.75, 3.05) is 0 Å². The van der Waals surface area contributed by atoms with Crippen LogP contribution in [-0.2, 0) is 15.7 Å². The molecule has 0 bridgehead atoms. The van der Waals surface area contributed by atoms with E-state index in [-0.39, 0.29) is 18.3 Å². The van der Waals surface area contributed by atoms with E-state index in [1.165, 1.54) is 22.2 Å². The van der Waals surface area contributed by atoms with Gasteiger partial charge in [0.05, 0.1) is 11.2 Å². The van der Waals surface area contributed by atoms with E-state index in [1.54, 1.807) is 0 Å². The van der Waals surface area contributed by atoms with Crippen LogP contribution in [0.15, 0.2) is 12.1 Å². The lowest BCUT2D eigenvalue weighted by molar-refractivity contribution is 0.00578. The molecule has 0 aromatic heterocycles. The number of aryl methyl sites for hydroxylation is 3. The first-order valence-corrected chi connectivity index (χ1v) is 7.13. The summed E-state index contributed by atoms with van der Waals surface area (Å²) in [5.74, 6) is 0. The molecule has 0 unspecified atom stereocenters. The van der Waals surface area contributed by atoms with Gasteiger partial charge >= 0.3 is 7.12 Å². The van der Waals surface area contributed by atoms with Crippen molar-refractivity contribution in [1.29, 1.82) is 0 Å². The molecular weight excluding hydrogens is 235 g/mol. The lowest BCUT2D eigenvalue weighted by Crippen LogP contribution is -2.41. The van der Waals surface area contributed by atoms with Gasteiger partial charge < -0.3 is 9.31 Å². The largest absolute Gasteiger partial charge is 0.495 e. The second-order valence-electron chi connectivity index (χ2n) is 6.58. The van der Waals surface area contributed by atoms with Crippen molar-refractivity contribution in [3.8, 4) is 0 Å². The smallest absolute Gasteiger partial charge is 0.399 e. The first kappa shape index (κ1) is 14.6. The van der Waals surface area contributed by atoms with Crippen LogP contribution in [0.2, 0.25) is 0 Å². The molecule has 0 aliphatic carbocycles. The zero-order valence-electron chi connectivity index (χ0n) is 13.3. The summed E-state index contributed by atoms with van der Waals surface area (Å²) < 4.78 is 12.3. The molecule has 0 N–H and O–H groups in total. The first-order chi connectivity index (χ1) is 8.68. The van der Waals surface area contributed by atoms with Crippen LogP contribution in [-0.4, -0.2) is 18.3 Å². The van der Waals surface area contributed by atoms with Crippen molar-refractivity contribution in [2.24, 2.45) is 0 Å². The summed E-state index contributed by atoms with van der Waals surface area (Å²) in [6.45, 7) is 14.9. The third kappa shape index (κ3) is 2.46. The highest BCUT2D eigenvalue weighted by Crippen LogP contribution is 2.36. The van der Waals surface area contributed by atoms with Crippen LogP contribution in [0.3, 0.4) is 0 Å². The van der Waals surface area contributed by atoms with Crippen LogP contribution < -0.4 is 5.46 Å². The van der Waals surface area contributed by atoms with Crippen molar-refractivity contribution < 1.29 is 9.31 Å². The summed E-state index contributed by atoms with van der Waals surface area (Å²) in [7, 11) is -0.254. The molecule has 1 aliphatic rings. The second-order valence-corrected chi connectivity index (χ2v) is 6.58. The number of hydrogen-bond donors (Lipinski definition) is 0. The Kier molecular flexibility index (Phi) is 3.57. The van der Waals surface area contributed by atoms with E-state index in [2.05, 4.69) is 60.6 Å². The van der Waals surface area contributed by atoms with Gasteiger partial charge in [-0.15, -0.1) is 0 Å². The molecule has 0 atom stereocenters. The van der Waals surface area contributed by atoms with Gasteiger partial charge in [0.2, 0.25) is 0 Å². The molecule has 0 amide bonds. The average Bonchev–Trinajstić information content (AvgIpc) is 2.48. The third-order valence-corrected chi connectivity index (χ3v) is 4.61. The monoisotopic (exact) mass is 260 g/mol. The predicted molar refractivity (Wildman–Crippen MR) is 81.0 cm³/mol. The average molecular weight is 260 g/mol. The predicted octanol–water partition coefficient (Wildman–Crippen LogP) is 3.17. The normalized spacial score (nSPS) is 20.9. The Morgan fingerprint density at radius 2 is 1.47 bits per heavy atom. The fourth-order valence-electron chi connectivity index (χ4n) is 2.52. The molecule has 1 aromatic rings. The van der Waals surface area contributed by atoms with E-state index in [0.717, 1.165) is 6.42 Å². The van der Waals surface area contributed by atoms with Gasteiger partial charge in [0.25, 0.3) is 0 Å². The van der Waals surface area contributed by atoms with Crippen molar-refractivity contribution in [2.45, 2.75) is 66.1 Å².